The Balaban J connectivity index is 2.02. The quantitative estimate of drug-likeness (QED) is 0.621. The number of fused-ring (bicyclic) bond motifs is 1. The summed E-state index contributed by atoms with van der Waals surface area (Å²) >= 11 is 0. The van der Waals surface area contributed by atoms with Gasteiger partial charge in [-0.2, -0.15) is 5.26 Å². The summed E-state index contributed by atoms with van der Waals surface area (Å²) in [5.41, 5.74) is 1.62. The number of carbonyl (C=O) groups excluding carboxylic acids is 1. The maximum atomic E-state index is 12.9. The Morgan fingerprint density at radius 2 is 1.96 bits per heavy atom. The van der Waals surface area contributed by atoms with Crippen LogP contribution in [0.15, 0.2) is 42.5 Å². The number of hydrogen-bond donors (Lipinski definition) is 0. The number of nitriles is 1. The van der Waals surface area contributed by atoms with Crippen LogP contribution in [0.1, 0.15) is 25.0 Å². The standard InChI is InChI=1S/C19H17N3O4/c1-12(2)18-19(23)21(11-14-5-3-13(10-20)4-6-14)16-9-15(22(24)25)7-8-17(16)26-18/h3-9,12,18H,11H2,1-2H3. The summed E-state index contributed by atoms with van der Waals surface area (Å²) < 4.78 is 5.79. The highest BCUT2D eigenvalue weighted by Crippen LogP contribution is 2.39. The van der Waals surface area contributed by atoms with Gasteiger partial charge in [0, 0.05) is 12.1 Å². The van der Waals surface area contributed by atoms with E-state index in [1.165, 1.54) is 23.1 Å². The van der Waals surface area contributed by atoms with Gasteiger partial charge in [0.05, 0.1) is 28.8 Å². The highest BCUT2D eigenvalue weighted by Gasteiger charge is 2.37. The molecule has 0 aromatic heterocycles. The predicted octanol–water partition coefficient (Wildman–Crippen LogP) is 3.42. The Morgan fingerprint density at radius 1 is 1.27 bits per heavy atom. The molecule has 7 nitrogen and oxygen atoms in total. The molecule has 0 aliphatic carbocycles. The summed E-state index contributed by atoms with van der Waals surface area (Å²) in [5.74, 6) is 0.161. The molecule has 0 saturated carbocycles. The lowest BCUT2D eigenvalue weighted by Gasteiger charge is -2.35. The summed E-state index contributed by atoms with van der Waals surface area (Å²) in [6.07, 6.45) is -0.651. The normalized spacial score (nSPS) is 16.0. The molecule has 0 N–H and O–H groups in total. The second-order valence-electron chi connectivity index (χ2n) is 6.42. The van der Waals surface area contributed by atoms with Gasteiger partial charge in [-0.05, 0) is 29.7 Å². The van der Waals surface area contributed by atoms with Gasteiger partial charge in [-0.3, -0.25) is 14.9 Å². The molecule has 2 aromatic rings. The van der Waals surface area contributed by atoms with Gasteiger partial charge in [0.15, 0.2) is 6.10 Å². The molecule has 2 aromatic carbocycles. The molecule has 1 heterocycles. The van der Waals surface area contributed by atoms with E-state index in [4.69, 9.17) is 10.00 Å². The van der Waals surface area contributed by atoms with E-state index in [1.54, 1.807) is 24.3 Å². The molecule has 0 spiro atoms. The van der Waals surface area contributed by atoms with Crippen molar-refractivity contribution in [3.05, 3.63) is 63.7 Å². The molecule has 7 heteroatoms. The topological polar surface area (TPSA) is 96.5 Å². The number of rotatable bonds is 4. The molecule has 1 aliphatic rings. The largest absolute Gasteiger partial charge is 0.478 e. The van der Waals surface area contributed by atoms with Gasteiger partial charge >= 0.3 is 0 Å². The summed E-state index contributed by atoms with van der Waals surface area (Å²) in [6, 6.07) is 13.2. The molecule has 1 aliphatic heterocycles. The summed E-state index contributed by atoms with van der Waals surface area (Å²) in [4.78, 5) is 25.0. The smallest absolute Gasteiger partial charge is 0.271 e. The molecular formula is C19H17N3O4. The van der Waals surface area contributed by atoms with Crippen LogP contribution in [0.25, 0.3) is 0 Å². The fraction of sp³-hybridized carbons (Fsp3) is 0.263. The van der Waals surface area contributed by atoms with Crippen molar-refractivity contribution < 1.29 is 14.5 Å². The first kappa shape index (κ1) is 17.4. The second kappa shape index (κ2) is 6.84. The van der Waals surface area contributed by atoms with Gasteiger partial charge in [0.2, 0.25) is 0 Å². The van der Waals surface area contributed by atoms with E-state index in [2.05, 4.69) is 0 Å². The minimum Gasteiger partial charge on any atom is -0.478 e. The van der Waals surface area contributed by atoms with Crippen molar-refractivity contribution in [3.8, 4) is 11.8 Å². The summed E-state index contributed by atoms with van der Waals surface area (Å²) in [5, 5.41) is 20.0. The average molecular weight is 351 g/mol. The molecule has 0 radical (unpaired) electrons. The average Bonchev–Trinajstić information content (AvgIpc) is 2.63. The Morgan fingerprint density at radius 3 is 2.54 bits per heavy atom. The zero-order chi connectivity index (χ0) is 18.8. The van der Waals surface area contributed by atoms with Crippen LogP contribution in [0.2, 0.25) is 0 Å². The van der Waals surface area contributed by atoms with E-state index in [0.29, 0.717) is 17.0 Å². The molecule has 0 bridgehead atoms. The van der Waals surface area contributed by atoms with E-state index < -0.39 is 11.0 Å². The summed E-state index contributed by atoms with van der Waals surface area (Å²) in [6.45, 7) is 4.02. The number of anilines is 1. The van der Waals surface area contributed by atoms with Crippen LogP contribution in [-0.2, 0) is 11.3 Å². The SMILES string of the molecule is CC(C)C1Oc2ccc([N+](=O)[O-])cc2N(Cc2ccc(C#N)cc2)C1=O. The molecule has 3 rings (SSSR count). The first-order chi connectivity index (χ1) is 12.4. The zero-order valence-electron chi connectivity index (χ0n) is 14.4. The third-order valence-corrected chi connectivity index (χ3v) is 4.24. The van der Waals surface area contributed by atoms with E-state index in [1.807, 2.05) is 19.9 Å². The van der Waals surface area contributed by atoms with E-state index in [0.717, 1.165) is 5.56 Å². The minimum atomic E-state index is -0.651. The number of amides is 1. The lowest BCUT2D eigenvalue weighted by Crippen LogP contribution is -2.48. The lowest BCUT2D eigenvalue weighted by atomic mass is 10.0. The fourth-order valence-electron chi connectivity index (χ4n) is 2.84. The molecule has 0 saturated heterocycles. The Bertz CT molecular complexity index is 900. The van der Waals surface area contributed by atoms with Crippen molar-refractivity contribution in [2.24, 2.45) is 5.92 Å². The fourth-order valence-corrected chi connectivity index (χ4v) is 2.84. The van der Waals surface area contributed by atoms with Crippen molar-refractivity contribution in [2.45, 2.75) is 26.5 Å². The van der Waals surface area contributed by atoms with Gasteiger partial charge in [-0.1, -0.05) is 26.0 Å². The number of hydrogen-bond acceptors (Lipinski definition) is 5. The van der Waals surface area contributed by atoms with Crippen molar-refractivity contribution >= 4 is 17.3 Å². The number of nitro groups is 1. The molecule has 132 valence electrons. The Hall–Kier alpha value is -3.40. The number of ether oxygens (including phenoxy) is 1. The van der Waals surface area contributed by atoms with Crippen molar-refractivity contribution in [1.29, 1.82) is 5.26 Å². The first-order valence-corrected chi connectivity index (χ1v) is 8.16. The molecular weight excluding hydrogens is 334 g/mol. The van der Waals surface area contributed by atoms with E-state index >= 15 is 0 Å². The third-order valence-electron chi connectivity index (χ3n) is 4.24. The van der Waals surface area contributed by atoms with Crippen LogP contribution in [-0.4, -0.2) is 16.9 Å². The van der Waals surface area contributed by atoms with E-state index in [9.17, 15) is 14.9 Å². The number of nitrogens with zero attached hydrogens (tertiary/aromatic N) is 3. The maximum absolute atomic E-state index is 12.9. The number of non-ortho nitro benzene ring substituents is 1. The van der Waals surface area contributed by atoms with Crippen LogP contribution in [0.4, 0.5) is 11.4 Å². The van der Waals surface area contributed by atoms with Crippen LogP contribution >= 0.6 is 0 Å². The first-order valence-electron chi connectivity index (χ1n) is 8.16. The maximum Gasteiger partial charge on any atom is 0.271 e. The lowest BCUT2D eigenvalue weighted by molar-refractivity contribution is -0.384. The Kier molecular flexibility index (Phi) is 4.59. The minimum absolute atomic E-state index is 0.0469. The van der Waals surface area contributed by atoms with Gasteiger partial charge in [0.25, 0.3) is 11.6 Å². The van der Waals surface area contributed by atoms with Crippen LogP contribution < -0.4 is 9.64 Å². The second-order valence-corrected chi connectivity index (χ2v) is 6.42. The van der Waals surface area contributed by atoms with Crippen molar-refractivity contribution in [3.63, 3.8) is 0 Å². The van der Waals surface area contributed by atoms with Gasteiger partial charge in [-0.15, -0.1) is 0 Å². The Labute approximate surface area is 150 Å². The highest BCUT2D eigenvalue weighted by atomic mass is 16.6. The molecule has 1 amide bonds. The highest BCUT2D eigenvalue weighted by molar-refractivity contribution is 6.00. The van der Waals surface area contributed by atoms with Gasteiger partial charge < -0.3 is 9.64 Å². The summed E-state index contributed by atoms with van der Waals surface area (Å²) in [7, 11) is 0. The van der Waals surface area contributed by atoms with Gasteiger partial charge in [0.1, 0.15) is 5.75 Å². The van der Waals surface area contributed by atoms with Crippen LogP contribution in [0.3, 0.4) is 0 Å². The van der Waals surface area contributed by atoms with E-state index in [-0.39, 0.29) is 24.1 Å². The van der Waals surface area contributed by atoms with Gasteiger partial charge in [-0.25, -0.2) is 0 Å². The van der Waals surface area contributed by atoms with Crippen molar-refractivity contribution in [1.82, 2.24) is 0 Å². The number of benzene rings is 2. The molecule has 1 atom stereocenters. The molecule has 0 fully saturated rings. The number of carbonyl (C=O) groups is 1. The predicted molar refractivity (Wildman–Crippen MR) is 94.7 cm³/mol. The zero-order valence-corrected chi connectivity index (χ0v) is 14.4. The number of nitro benzene ring substituents is 1. The van der Waals surface area contributed by atoms with Crippen LogP contribution in [0, 0.1) is 27.4 Å². The van der Waals surface area contributed by atoms with Crippen LogP contribution in [0.5, 0.6) is 5.75 Å². The third kappa shape index (κ3) is 3.22. The van der Waals surface area contributed by atoms with Crippen molar-refractivity contribution in [2.75, 3.05) is 4.90 Å². The molecule has 1 unspecified atom stereocenters. The monoisotopic (exact) mass is 351 g/mol. The molecule has 26 heavy (non-hydrogen) atoms.